The number of hydrogen-bond acceptors (Lipinski definition) is 6. The van der Waals surface area contributed by atoms with Gasteiger partial charge in [-0.15, -0.1) is 0 Å². The van der Waals surface area contributed by atoms with E-state index < -0.39 is 0 Å². The van der Waals surface area contributed by atoms with E-state index in [1.807, 2.05) is 42.4 Å². The van der Waals surface area contributed by atoms with Crippen LogP contribution in [0.15, 0.2) is 48.9 Å². The minimum absolute atomic E-state index is 0.0620. The molecule has 0 unspecified atom stereocenters. The summed E-state index contributed by atoms with van der Waals surface area (Å²) in [5.74, 6) is 0.752. The number of nitrogens with two attached hydrogens (primary N) is 1. The van der Waals surface area contributed by atoms with Crippen LogP contribution in [0.25, 0.3) is 11.1 Å². The Morgan fingerprint density at radius 3 is 2.69 bits per heavy atom. The third-order valence-corrected chi connectivity index (χ3v) is 5.18. The Balaban J connectivity index is 1.64. The molecule has 29 heavy (non-hydrogen) atoms. The van der Waals surface area contributed by atoms with Crippen molar-refractivity contribution < 1.29 is 4.79 Å². The van der Waals surface area contributed by atoms with Crippen molar-refractivity contribution in [2.45, 2.75) is 0 Å². The second-order valence-corrected chi connectivity index (χ2v) is 7.22. The monoisotopic (exact) mass is 389 g/mol. The SMILES string of the molecule is CN1CCN(c2cc(C(=N)c3cc(-c4cnn(C)c4)ccc3N)ccn2)CC1=O. The fourth-order valence-electron chi connectivity index (χ4n) is 3.38. The van der Waals surface area contributed by atoms with Crippen molar-refractivity contribution >= 4 is 23.1 Å². The van der Waals surface area contributed by atoms with Crippen LogP contribution in [0.2, 0.25) is 0 Å². The van der Waals surface area contributed by atoms with Gasteiger partial charge in [0.2, 0.25) is 5.91 Å². The molecule has 4 rings (SSSR count). The quantitative estimate of drug-likeness (QED) is 0.523. The van der Waals surface area contributed by atoms with Gasteiger partial charge in [-0.2, -0.15) is 5.10 Å². The van der Waals surface area contributed by atoms with E-state index >= 15 is 0 Å². The molecule has 1 aromatic carbocycles. The maximum Gasteiger partial charge on any atom is 0.241 e. The van der Waals surface area contributed by atoms with Gasteiger partial charge in [-0.1, -0.05) is 6.07 Å². The molecule has 0 spiro atoms. The number of anilines is 2. The van der Waals surface area contributed by atoms with Crippen LogP contribution < -0.4 is 10.6 Å². The average molecular weight is 389 g/mol. The van der Waals surface area contributed by atoms with Gasteiger partial charge in [0, 0.05) is 62.0 Å². The third-order valence-electron chi connectivity index (χ3n) is 5.18. The Morgan fingerprint density at radius 1 is 1.14 bits per heavy atom. The van der Waals surface area contributed by atoms with Crippen molar-refractivity contribution in [1.29, 1.82) is 5.41 Å². The molecular formula is C21H23N7O. The Hall–Kier alpha value is -3.68. The fourth-order valence-corrected chi connectivity index (χ4v) is 3.38. The van der Waals surface area contributed by atoms with Crippen LogP contribution in [0.1, 0.15) is 11.1 Å². The molecule has 8 nitrogen and oxygen atoms in total. The number of aryl methyl sites for hydroxylation is 1. The molecule has 148 valence electrons. The van der Waals surface area contributed by atoms with Crippen LogP contribution in [0.4, 0.5) is 11.5 Å². The first-order valence-electron chi connectivity index (χ1n) is 9.35. The number of amides is 1. The van der Waals surface area contributed by atoms with E-state index in [0.717, 1.165) is 11.1 Å². The largest absolute Gasteiger partial charge is 0.398 e. The maximum absolute atomic E-state index is 12.0. The number of nitrogens with one attached hydrogen (secondary N) is 1. The lowest BCUT2D eigenvalue weighted by atomic mass is 9.97. The zero-order valence-electron chi connectivity index (χ0n) is 16.5. The number of aromatic nitrogens is 3. The topological polar surface area (TPSA) is 104 Å². The Kier molecular flexibility index (Phi) is 4.75. The lowest BCUT2D eigenvalue weighted by Crippen LogP contribution is -2.48. The van der Waals surface area contributed by atoms with Crippen molar-refractivity contribution in [2.75, 3.05) is 37.3 Å². The minimum Gasteiger partial charge on any atom is -0.398 e. The van der Waals surface area contributed by atoms with Gasteiger partial charge >= 0.3 is 0 Å². The molecule has 0 radical (unpaired) electrons. The second-order valence-electron chi connectivity index (χ2n) is 7.22. The van der Waals surface area contributed by atoms with E-state index in [0.29, 0.717) is 48.0 Å². The highest BCUT2D eigenvalue weighted by Crippen LogP contribution is 2.26. The second kappa shape index (κ2) is 7.38. The Labute approximate surface area is 169 Å². The average Bonchev–Trinajstić information content (AvgIpc) is 3.16. The summed E-state index contributed by atoms with van der Waals surface area (Å²) in [5.41, 5.74) is 10.3. The normalized spacial score (nSPS) is 14.3. The third kappa shape index (κ3) is 3.69. The predicted molar refractivity (Wildman–Crippen MR) is 113 cm³/mol. The number of carbonyl (C=O) groups excluding carboxylic acids is 1. The standard InChI is InChI=1S/C21H23N7O/c1-26-7-8-28(13-20(26)29)19-10-15(5-6-24-19)21(23)17-9-14(3-4-18(17)22)16-11-25-27(2)12-16/h3-6,9-12,23H,7-8,13,22H2,1-2H3. The molecule has 0 atom stereocenters. The Bertz CT molecular complexity index is 1090. The van der Waals surface area contributed by atoms with E-state index in [9.17, 15) is 4.79 Å². The molecule has 1 aliphatic rings. The lowest BCUT2D eigenvalue weighted by Gasteiger charge is -2.32. The first kappa shape index (κ1) is 18.7. The van der Waals surface area contributed by atoms with Crippen molar-refractivity contribution in [1.82, 2.24) is 19.7 Å². The van der Waals surface area contributed by atoms with Crippen molar-refractivity contribution in [2.24, 2.45) is 7.05 Å². The van der Waals surface area contributed by atoms with Crippen LogP contribution in [0, 0.1) is 5.41 Å². The molecule has 3 heterocycles. The molecule has 0 saturated carbocycles. The molecule has 3 aromatic rings. The van der Waals surface area contributed by atoms with E-state index in [4.69, 9.17) is 11.1 Å². The highest BCUT2D eigenvalue weighted by Gasteiger charge is 2.22. The van der Waals surface area contributed by atoms with E-state index in [2.05, 4.69) is 10.1 Å². The first-order valence-corrected chi connectivity index (χ1v) is 9.35. The number of pyridine rings is 1. The summed E-state index contributed by atoms with van der Waals surface area (Å²) in [5, 5.41) is 12.9. The molecule has 8 heteroatoms. The van der Waals surface area contributed by atoms with Gasteiger partial charge in [0.15, 0.2) is 0 Å². The summed E-state index contributed by atoms with van der Waals surface area (Å²) < 4.78 is 1.74. The number of carbonyl (C=O) groups is 1. The van der Waals surface area contributed by atoms with E-state index in [1.54, 1.807) is 35.1 Å². The fraction of sp³-hybridized carbons (Fsp3) is 0.238. The number of likely N-dealkylation sites (N-methyl/N-ethyl adjacent to an activating group) is 1. The smallest absolute Gasteiger partial charge is 0.241 e. The van der Waals surface area contributed by atoms with Crippen molar-refractivity contribution in [3.8, 4) is 11.1 Å². The first-order chi connectivity index (χ1) is 13.9. The summed E-state index contributed by atoms with van der Waals surface area (Å²) in [4.78, 5) is 20.1. The molecule has 2 aromatic heterocycles. The van der Waals surface area contributed by atoms with Crippen molar-refractivity contribution in [3.05, 3.63) is 60.0 Å². The zero-order valence-corrected chi connectivity index (χ0v) is 16.5. The van der Waals surface area contributed by atoms with Crippen LogP contribution >= 0.6 is 0 Å². The van der Waals surface area contributed by atoms with Gasteiger partial charge in [0.25, 0.3) is 0 Å². The molecule has 0 bridgehead atoms. The number of nitrogen functional groups attached to an aromatic ring is 1. The van der Waals surface area contributed by atoms with Gasteiger partial charge in [-0.05, 0) is 29.8 Å². The maximum atomic E-state index is 12.0. The molecule has 3 N–H and O–H groups in total. The molecule has 0 aliphatic carbocycles. The molecule has 1 aliphatic heterocycles. The van der Waals surface area contributed by atoms with E-state index in [-0.39, 0.29) is 5.91 Å². The van der Waals surface area contributed by atoms with E-state index in [1.165, 1.54) is 0 Å². The number of piperazine rings is 1. The van der Waals surface area contributed by atoms with Gasteiger partial charge in [-0.25, -0.2) is 4.98 Å². The number of benzene rings is 1. The minimum atomic E-state index is 0.0620. The number of nitrogens with zero attached hydrogens (tertiary/aromatic N) is 5. The highest BCUT2D eigenvalue weighted by atomic mass is 16.2. The predicted octanol–water partition coefficient (Wildman–Crippen LogP) is 1.76. The molecule has 1 amide bonds. The summed E-state index contributed by atoms with van der Waals surface area (Å²) in [7, 11) is 3.67. The zero-order chi connectivity index (χ0) is 20.5. The van der Waals surface area contributed by atoms with Gasteiger partial charge in [0.1, 0.15) is 5.82 Å². The summed E-state index contributed by atoms with van der Waals surface area (Å²) in [6, 6.07) is 9.29. The van der Waals surface area contributed by atoms with Crippen LogP contribution in [0.5, 0.6) is 0 Å². The molecule has 1 fully saturated rings. The van der Waals surface area contributed by atoms with Crippen LogP contribution in [-0.4, -0.2) is 58.0 Å². The van der Waals surface area contributed by atoms with Crippen LogP contribution in [-0.2, 0) is 11.8 Å². The van der Waals surface area contributed by atoms with Gasteiger partial charge < -0.3 is 15.5 Å². The number of hydrogen-bond donors (Lipinski definition) is 2. The molecule has 1 saturated heterocycles. The Morgan fingerprint density at radius 2 is 1.97 bits per heavy atom. The van der Waals surface area contributed by atoms with Crippen molar-refractivity contribution in [3.63, 3.8) is 0 Å². The summed E-state index contributed by atoms with van der Waals surface area (Å²) >= 11 is 0. The summed E-state index contributed by atoms with van der Waals surface area (Å²) in [6.45, 7) is 1.66. The van der Waals surface area contributed by atoms with Crippen LogP contribution in [0.3, 0.4) is 0 Å². The number of rotatable bonds is 4. The van der Waals surface area contributed by atoms with Gasteiger partial charge in [-0.3, -0.25) is 14.9 Å². The summed E-state index contributed by atoms with van der Waals surface area (Å²) in [6.07, 6.45) is 5.38. The van der Waals surface area contributed by atoms with Gasteiger partial charge in [0.05, 0.1) is 18.5 Å². The lowest BCUT2D eigenvalue weighted by molar-refractivity contribution is -0.129. The highest BCUT2D eigenvalue weighted by molar-refractivity contribution is 6.14. The molecular weight excluding hydrogens is 366 g/mol.